The molecule has 1 saturated carbocycles. The van der Waals surface area contributed by atoms with Crippen LogP contribution in [0.3, 0.4) is 0 Å². The van der Waals surface area contributed by atoms with E-state index in [-0.39, 0.29) is 11.0 Å². The molecule has 0 bridgehead atoms. The Bertz CT molecular complexity index is 305. The normalized spacial score (nSPS) is 39.5. The van der Waals surface area contributed by atoms with E-state index < -0.39 is 0 Å². The van der Waals surface area contributed by atoms with E-state index in [1.807, 2.05) is 0 Å². The van der Waals surface area contributed by atoms with Crippen LogP contribution in [0.1, 0.15) is 47.5 Å². The second-order valence-electron chi connectivity index (χ2n) is 6.77. The minimum atomic E-state index is -0.0758. The molecule has 1 aliphatic carbocycles. The van der Waals surface area contributed by atoms with Crippen LogP contribution in [0.4, 0.5) is 0 Å². The largest absolute Gasteiger partial charge is 0.377 e. The van der Waals surface area contributed by atoms with Gasteiger partial charge in [-0.05, 0) is 26.3 Å². The smallest absolute Gasteiger partial charge is 0.0691 e. The van der Waals surface area contributed by atoms with Crippen LogP contribution in [0.25, 0.3) is 0 Å². The van der Waals surface area contributed by atoms with E-state index >= 15 is 0 Å². The molecule has 0 aromatic heterocycles. The average molecular weight is 254 g/mol. The Morgan fingerprint density at radius 3 is 2.61 bits per heavy atom. The fraction of sp³-hybridized carbons (Fsp3) is 1.00. The highest BCUT2D eigenvalue weighted by atomic mass is 16.5. The van der Waals surface area contributed by atoms with Gasteiger partial charge in [-0.1, -0.05) is 27.7 Å². The summed E-state index contributed by atoms with van der Waals surface area (Å²) in [6.45, 7) is 14.4. The van der Waals surface area contributed by atoms with E-state index in [0.717, 1.165) is 26.1 Å². The highest BCUT2D eigenvalue weighted by molar-refractivity contribution is 5.21. The van der Waals surface area contributed by atoms with Crippen LogP contribution in [-0.2, 0) is 4.74 Å². The molecule has 4 atom stereocenters. The van der Waals surface area contributed by atoms with Gasteiger partial charge in [-0.15, -0.1) is 0 Å². The Morgan fingerprint density at radius 2 is 2.06 bits per heavy atom. The van der Waals surface area contributed by atoms with Crippen molar-refractivity contribution >= 4 is 0 Å². The number of likely N-dealkylation sites (N-methyl/N-ethyl adjacent to an activating group) is 1. The molecule has 106 valence electrons. The zero-order valence-corrected chi connectivity index (χ0v) is 12.7. The predicted octanol–water partition coefficient (Wildman–Crippen LogP) is 2.25. The number of hydrogen-bond donors (Lipinski definition) is 1. The van der Waals surface area contributed by atoms with E-state index in [1.54, 1.807) is 0 Å². The Labute approximate surface area is 112 Å². The minimum Gasteiger partial charge on any atom is -0.377 e. The molecule has 2 rings (SSSR count). The van der Waals surface area contributed by atoms with Crippen LogP contribution < -0.4 is 5.73 Å². The first-order chi connectivity index (χ1) is 8.38. The number of fused-ring (bicyclic) bond motifs is 1. The predicted molar refractivity (Wildman–Crippen MR) is 75.5 cm³/mol. The SMILES string of the molecule is CCC(C)N(CC)CC1(N)C2CCOC2C1(C)C. The van der Waals surface area contributed by atoms with Crippen molar-refractivity contribution in [2.45, 2.75) is 65.1 Å². The highest BCUT2D eigenvalue weighted by Gasteiger charge is 2.67. The standard InChI is InChI=1S/C15H30N2O/c1-6-11(3)17(7-2)10-15(16)12-8-9-18-13(12)14(15,4)5/h11-13H,6-10,16H2,1-5H3. The van der Waals surface area contributed by atoms with Gasteiger partial charge in [0.1, 0.15) is 0 Å². The topological polar surface area (TPSA) is 38.5 Å². The summed E-state index contributed by atoms with van der Waals surface area (Å²) < 4.78 is 5.87. The number of hydrogen-bond acceptors (Lipinski definition) is 3. The molecule has 3 nitrogen and oxygen atoms in total. The monoisotopic (exact) mass is 254 g/mol. The lowest BCUT2D eigenvalue weighted by atomic mass is 9.48. The molecule has 0 amide bonds. The first kappa shape index (κ1) is 14.3. The van der Waals surface area contributed by atoms with Gasteiger partial charge in [0.2, 0.25) is 0 Å². The molecule has 0 aromatic rings. The van der Waals surface area contributed by atoms with E-state index in [0.29, 0.717) is 18.1 Å². The van der Waals surface area contributed by atoms with Crippen molar-refractivity contribution in [3.05, 3.63) is 0 Å². The lowest BCUT2D eigenvalue weighted by Gasteiger charge is -2.63. The molecule has 1 heterocycles. The maximum absolute atomic E-state index is 6.81. The summed E-state index contributed by atoms with van der Waals surface area (Å²) in [5.41, 5.74) is 6.84. The van der Waals surface area contributed by atoms with E-state index in [9.17, 15) is 0 Å². The summed E-state index contributed by atoms with van der Waals surface area (Å²) in [4.78, 5) is 2.54. The summed E-state index contributed by atoms with van der Waals surface area (Å²) in [7, 11) is 0. The Morgan fingerprint density at radius 1 is 1.39 bits per heavy atom. The average Bonchev–Trinajstić information content (AvgIpc) is 2.82. The fourth-order valence-corrected chi connectivity index (χ4v) is 3.97. The van der Waals surface area contributed by atoms with Crippen LogP contribution in [0.2, 0.25) is 0 Å². The van der Waals surface area contributed by atoms with Crippen LogP contribution in [0, 0.1) is 11.3 Å². The van der Waals surface area contributed by atoms with Crippen molar-refractivity contribution in [1.29, 1.82) is 0 Å². The maximum Gasteiger partial charge on any atom is 0.0691 e. The molecule has 1 saturated heterocycles. The van der Waals surface area contributed by atoms with Crippen LogP contribution in [0.15, 0.2) is 0 Å². The molecule has 2 N–H and O–H groups in total. The lowest BCUT2D eigenvalue weighted by molar-refractivity contribution is -0.165. The summed E-state index contributed by atoms with van der Waals surface area (Å²) in [5.74, 6) is 0.561. The van der Waals surface area contributed by atoms with Crippen molar-refractivity contribution in [2.75, 3.05) is 19.7 Å². The van der Waals surface area contributed by atoms with Gasteiger partial charge in [-0.25, -0.2) is 0 Å². The van der Waals surface area contributed by atoms with Crippen molar-refractivity contribution in [1.82, 2.24) is 4.90 Å². The molecule has 0 spiro atoms. The molecule has 0 aromatic carbocycles. The quantitative estimate of drug-likeness (QED) is 0.818. The second-order valence-corrected chi connectivity index (χ2v) is 6.77. The lowest BCUT2D eigenvalue weighted by Crippen LogP contribution is -2.78. The maximum atomic E-state index is 6.81. The zero-order valence-electron chi connectivity index (χ0n) is 12.7. The van der Waals surface area contributed by atoms with Gasteiger partial charge in [0.25, 0.3) is 0 Å². The van der Waals surface area contributed by atoms with Gasteiger partial charge in [0.15, 0.2) is 0 Å². The fourth-order valence-electron chi connectivity index (χ4n) is 3.97. The van der Waals surface area contributed by atoms with Crippen molar-refractivity contribution in [3.63, 3.8) is 0 Å². The Balaban J connectivity index is 2.11. The summed E-state index contributed by atoms with van der Waals surface area (Å²) in [5, 5.41) is 0. The molecule has 2 aliphatic rings. The third-order valence-corrected chi connectivity index (χ3v) is 5.75. The van der Waals surface area contributed by atoms with Gasteiger partial charge in [0, 0.05) is 36.1 Å². The Hall–Kier alpha value is -0.120. The van der Waals surface area contributed by atoms with Crippen LogP contribution in [-0.4, -0.2) is 42.3 Å². The van der Waals surface area contributed by atoms with Gasteiger partial charge >= 0.3 is 0 Å². The second kappa shape index (κ2) is 4.77. The molecule has 3 heteroatoms. The molecule has 4 unspecified atom stereocenters. The van der Waals surface area contributed by atoms with E-state index in [4.69, 9.17) is 10.5 Å². The molecular weight excluding hydrogens is 224 g/mol. The molecule has 0 radical (unpaired) electrons. The third-order valence-electron chi connectivity index (χ3n) is 5.75. The van der Waals surface area contributed by atoms with Crippen molar-refractivity contribution < 1.29 is 4.74 Å². The molecule has 2 fully saturated rings. The third kappa shape index (κ3) is 1.83. The number of nitrogens with two attached hydrogens (primary N) is 1. The highest BCUT2D eigenvalue weighted by Crippen LogP contribution is 2.58. The van der Waals surface area contributed by atoms with Gasteiger partial charge < -0.3 is 10.5 Å². The first-order valence-electron chi connectivity index (χ1n) is 7.53. The summed E-state index contributed by atoms with van der Waals surface area (Å²) in [6, 6.07) is 0.618. The number of ether oxygens (including phenoxy) is 1. The number of rotatable bonds is 5. The van der Waals surface area contributed by atoms with Crippen LogP contribution >= 0.6 is 0 Å². The molecular formula is C15H30N2O. The van der Waals surface area contributed by atoms with Crippen LogP contribution in [0.5, 0.6) is 0 Å². The molecule has 18 heavy (non-hydrogen) atoms. The minimum absolute atomic E-state index is 0.0758. The Kier molecular flexibility index (Phi) is 3.79. The zero-order chi connectivity index (χ0) is 13.6. The van der Waals surface area contributed by atoms with Gasteiger partial charge in [-0.2, -0.15) is 0 Å². The number of nitrogens with zero attached hydrogens (tertiary/aromatic N) is 1. The van der Waals surface area contributed by atoms with E-state index in [1.165, 1.54) is 6.42 Å². The van der Waals surface area contributed by atoms with Crippen molar-refractivity contribution in [2.24, 2.45) is 17.1 Å². The molecule has 1 aliphatic heterocycles. The van der Waals surface area contributed by atoms with Gasteiger partial charge in [0.05, 0.1) is 6.10 Å². The van der Waals surface area contributed by atoms with E-state index in [2.05, 4.69) is 39.5 Å². The van der Waals surface area contributed by atoms with Gasteiger partial charge in [-0.3, -0.25) is 4.90 Å². The summed E-state index contributed by atoms with van der Waals surface area (Å²) in [6.07, 6.45) is 2.72. The summed E-state index contributed by atoms with van der Waals surface area (Å²) >= 11 is 0. The van der Waals surface area contributed by atoms with Crippen molar-refractivity contribution in [3.8, 4) is 0 Å². The first-order valence-corrected chi connectivity index (χ1v) is 7.53.